The number of carbonyl (C=O) groups excluding carboxylic acids is 2. The van der Waals surface area contributed by atoms with Gasteiger partial charge in [-0.05, 0) is 12.1 Å². The number of ether oxygens (including phenoxy) is 4. The molecule has 0 saturated carbocycles. The second kappa shape index (κ2) is 7.67. The molecule has 1 N–H and O–H groups in total. The van der Waals surface area contributed by atoms with Crippen LogP contribution in [0.15, 0.2) is 29.5 Å². The van der Waals surface area contributed by atoms with Crippen molar-refractivity contribution in [2.24, 2.45) is 0 Å². The van der Waals surface area contributed by atoms with Gasteiger partial charge in [0.25, 0.3) is 0 Å². The number of esters is 2. The molecular formula is C16H17NO8. The summed E-state index contributed by atoms with van der Waals surface area (Å²) < 4.78 is 19.9. The van der Waals surface area contributed by atoms with Gasteiger partial charge in [-0.25, -0.2) is 14.4 Å². The van der Waals surface area contributed by atoms with E-state index in [-0.39, 0.29) is 35.9 Å². The molecule has 0 radical (unpaired) electrons. The van der Waals surface area contributed by atoms with Crippen molar-refractivity contribution in [3.05, 3.63) is 35.0 Å². The van der Waals surface area contributed by atoms with E-state index in [1.807, 2.05) is 0 Å². The van der Waals surface area contributed by atoms with Gasteiger partial charge in [0.1, 0.15) is 18.2 Å². The Bertz CT molecular complexity index is 740. The number of methoxy groups -OCH3 is 3. The Morgan fingerprint density at radius 1 is 1.12 bits per heavy atom. The third-order valence-corrected chi connectivity index (χ3v) is 3.56. The Morgan fingerprint density at radius 2 is 1.80 bits per heavy atom. The van der Waals surface area contributed by atoms with Gasteiger partial charge in [-0.2, -0.15) is 0 Å². The van der Waals surface area contributed by atoms with Crippen LogP contribution in [0.1, 0.15) is 10.4 Å². The molecule has 0 amide bonds. The van der Waals surface area contributed by atoms with Crippen LogP contribution < -0.4 is 9.64 Å². The van der Waals surface area contributed by atoms with Gasteiger partial charge in [0.15, 0.2) is 0 Å². The fourth-order valence-electron chi connectivity index (χ4n) is 2.38. The summed E-state index contributed by atoms with van der Waals surface area (Å²) in [5.41, 5.74) is -0.193. The Hall–Kier alpha value is -3.07. The van der Waals surface area contributed by atoms with Crippen molar-refractivity contribution in [1.29, 1.82) is 0 Å². The van der Waals surface area contributed by atoms with E-state index in [2.05, 4.69) is 4.74 Å². The summed E-state index contributed by atoms with van der Waals surface area (Å²) in [6.45, 7) is -0.321. The smallest absolute Gasteiger partial charge is 0.355 e. The Balaban J connectivity index is 2.69. The first-order valence-corrected chi connectivity index (χ1v) is 7.11. The summed E-state index contributed by atoms with van der Waals surface area (Å²) in [6, 6.07) is 4.23. The maximum Gasteiger partial charge on any atom is 0.355 e. The average molecular weight is 351 g/mol. The van der Waals surface area contributed by atoms with Crippen LogP contribution in [0, 0.1) is 0 Å². The van der Waals surface area contributed by atoms with Gasteiger partial charge in [-0.3, -0.25) is 0 Å². The number of carbonyl (C=O) groups is 3. The van der Waals surface area contributed by atoms with Crippen molar-refractivity contribution in [2.45, 2.75) is 0 Å². The second-order valence-electron chi connectivity index (χ2n) is 4.90. The van der Waals surface area contributed by atoms with Gasteiger partial charge in [-0.1, -0.05) is 0 Å². The minimum absolute atomic E-state index is 0.0697. The van der Waals surface area contributed by atoms with Crippen molar-refractivity contribution < 1.29 is 38.4 Å². The molecule has 1 aliphatic rings. The van der Waals surface area contributed by atoms with Crippen molar-refractivity contribution in [3.8, 4) is 5.75 Å². The highest BCUT2D eigenvalue weighted by molar-refractivity contribution is 6.05. The number of anilines is 1. The van der Waals surface area contributed by atoms with E-state index in [0.29, 0.717) is 5.75 Å². The summed E-state index contributed by atoms with van der Waals surface area (Å²) in [6.07, 6.45) is 0. The quantitative estimate of drug-likeness (QED) is 0.769. The van der Waals surface area contributed by atoms with Crippen LogP contribution >= 0.6 is 0 Å². The van der Waals surface area contributed by atoms with Crippen LogP contribution in [0.5, 0.6) is 5.75 Å². The lowest BCUT2D eigenvalue weighted by Crippen LogP contribution is -2.39. The molecule has 25 heavy (non-hydrogen) atoms. The highest BCUT2D eigenvalue weighted by Crippen LogP contribution is 2.32. The van der Waals surface area contributed by atoms with E-state index < -0.39 is 17.9 Å². The van der Waals surface area contributed by atoms with Gasteiger partial charge in [-0.15, -0.1) is 0 Å². The molecule has 0 bridgehead atoms. The number of aromatic carboxylic acids is 1. The highest BCUT2D eigenvalue weighted by Gasteiger charge is 2.34. The Labute approximate surface area is 143 Å². The molecule has 1 heterocycles. The Morgan fingerprint density at radius 3 is 2.36 bits per heavy atom. The number of nitrogens with zero attached hydrogens (tertiary/aromatic N) is 1. The summed E-state index contributed by atoms with van der Waals surface area (Å²) in [4.78, 5) is 37.0. The first-order valence-electron chi connectivity index (χ1n) is 7.11. The molecule has 134 valence electrons. The van der Waals surface area contributed by atoms with E-state index in [9.17, 15) is 19.5 Å². The van der Waals surface area contributed by atoms with Crippen molar-refractivity contribution in [1.82, 2.24) is 0 Å². The molecule has 0 aliphatic carbocycles. The fourth-order valence-corrected chi connectivity index (χ4v) is 2.38. The minimum Gasteiger partial charge on any atom is -0.497 e. The van der Waals surface area contributed by atoms with Crippen molar-refractivity contribution in [3.63, 3.8) is 0 Å². The predicted octanol–water partition coefficient (Wildman–Crippen LogP) is 0.788. The van der Waals surface area contributed by atoms with E-state index in [4.69, 9.17) is 14.2 Å². The number of carboxylic acid groups (broad SMARTS) is 1. The molecule has 0 saturated heterocycles. The molecular weight excluding hydrogens is 334 g/mol. The van der Waals surface area contributed by atoms with Gasteiger partial charge in [0, 0.05) is 6.07 Å². The number of hydrogen-bond acceptors (Lipinski definition) is 8. The first kappa shape index (κ1) is 18.3. The van der Waals surface area contributed by atoms with E-state index in [0.717, 1.165) is 14.2 Å². The zero-order valence-electron chi connectivity index (χ0n) is 13.9. The summed E-state index contributed by atoms with van der Waals surface area (Å²) in [7, 11) is 3.74. The normalized spacial score (nSPS) is 14.1. The summed E-state index contributed by atoms with van der Waals surface area (Å²) in [5.74, 6) is -2.44. The third kappa shape index (κ3) is 3.56. The van der Waals surface area contributed by atoms with E-state index in [1.54, 1.807) is 0 Å². The SMILES string of the molecule is COC(=O)C1=C(C(=O)OC)N(c2cc(OC)ccc2C(=O)O)COC1. The third-order valence-electron chi connectivity index (χ3n) is 3.56. The second-order valence-corrected chi connectivity index (χ2v) is 4.90. The van der Waals surface area contributed by atoms with E-state index in [1.165, 1.54) is 30.2 Å². The molecule has 1 aromatic carbocycles. The van der Waals surface area contributed by atoms with Crippen molar-refractivity contribution >= 4 is 23.6 Å². The maximum atomic E-state index is 12.3. The monoisotopic (exact) mass is 351 g/mol. The fraction of sp³-hybridized carbons (Fsp3) is 0.312. The van der Waals surface area contributed by atoms with Gasteiger partial charge < -0.3 is 29.0 Å². The lowest BCUT2D eigenvalue weighted by atomic mass is 10.1. The van der Waals surface area contributed by atoms with Crippen LogP contribution in [-0.4, -0.2) is 57.7 Å². The number of carboxylic acids is 1. The first-order chi connectivity index (χ1) is 11.9. The molecule has 0 fully saturated rings. The number of hydrogen-bond donors (Lipinski definition) is 1. The zero-order valence-corrected chi connectivity index (χ0v) is 13.9. The lowest BCUT2D eigenvalue weighted by molar-refractivity contribution is -0.140. The van der Waals surface area contributed by atoms with Gasteiger partial charge in [0.2, 0.25) is 0 Å². The minimum atomic E-state index is -1.22. The predicted molar refractivity (Wildman–Crippen MR) is 84.3 cm³/mol. The molecule has 9 nitrogen and oxygen atoms in total. The molecule has 1 aromatic rings. The molecule has 0 aromatic heterocycles. The molecule has 0 spiro atoms. The average Bonchev–Trinajstić information content (AvgIpc) is 2.65. The van der Waals surface area contributed by atoms with Crippen LogP contribution in [0.2, 0.25) is 0 Å². The van der Waals surface area contributed by atoms with E-state index >= 15 is 0 Å². The topological polar surface area (TPSA) is 112 Å². The van der Waals surface area contributed by atoms with Gasteiger partial charge in [0.05, 0.1) is 44.8 Å². The zero-order chi connectivity index (χ0) is 18.6. The molecule has 1 aliphatic heterocycles. The standard InChI is InChI=1S/C16H17NO8/c1-22-9-4-5-10(14(18)19)12(6-9)17-8-25-7-11(15(20)23-2)13(17)16(21)24-3/h4-6H,7-8H2,1-3H3,(H,18,19). The summed E-state index contributed by atoms with van der Waals surface area (Å²) in [5, 5.41) is 9.43. The van der Waals surface area contributed by atoms with Crippen LogP contribution in [0.25, 0.3) is 0 Å². The highest BCUT2D eigenvalue weighted by atomic mass is 16.5. The lowest BCUT2D eigenvalue weighted by Gasteiger charge is -2.32. The van der Waals surface area contributed by atoms with Crippen LogP contribution in [-0.2, 0) is 23.8 Å². The molecule has 9 heteroatoms. The van der Waals surface area contributed by atoms with Crippen LogP contribution in [0.4, 0.5) is 5.69 Å². The van der Waals surface area contributed by atoms with Crippen LogP contribution in [0.3, 0.4) is 0 Å². The van der Waals surface area contributed by atoms with Crippen molar-refractivity contribution in [2.75, 3.05) is 39.6 Å². The van der Waals surface area contributed by atoms with Gasteiger partial charge >= 0.3 is 17.9 Å². The molecule has 2 rings (SSSR count). The Kier molecular flexibility index (Phi) is 5.60. The molecule has 0 atom stereocenters. The maximum absolute atomic E-state index is 12.3. The largest absolute Gasteiger partial charge is 0.497 e. The molecule has 0 unspecified atom stereocenters. The number of rotatable bonds is 5. The summed E-state index contributed by atoms with van der Waals surface area (Å²) >= 11 is 0. The number of benzene rings is 1.